The number of nitrogens with one attached hydrogen (secondary N) is 1. The van der Waals surface area contributed by atoms with E-state index in [4.69, 9.17) is 4.74 Å². The zero-order chi connectivity index (χ0) is 15.1. The molecule has 0 bridgehead atoms. The highest BCUT2D eigenvalue weighted by atomic mass is 19.4. The lowest BCUT2D eigenvalue weighted by Crippen LogP contribution is -2.47. The van der Waals surface area contributed by atoms with Crippen LogP contribution < -0.4 is 5.32 Å². The maximum absolute atomic E-state index is 13.9. The van der Waals surface area contributed by atoms with E-state index in [9.17, 15) is 22.4 Å². The van der Waals surface area contributed by atoms with Gasteiger partial charge in [-0.05, 0) is 12.1 Å². The highest BCUT2D eigenvalue weighted by Crippen LogP contribution is 2.39. The average Bonchev–Trinajstić information content (AvgIpc) is 2.31. The first-order chi connectivity index (χ1) is 9.11. The Hall–Kier alpha value is -1.79. The molecule has 1 heterocycles. The van der Waals surface area contributed by atoms with Crippen molar-refractivity contribution < 1.29 is 27.1 Å². The predicted molar refractivity (Wildman–Crippen MR) is 62.4 cm³/mol. The summed E-state index contributed by atoms with van der Waals surface area (Å²) in [6.07, 6.45) is -5.32. The van der Waals surface area contributed by atoms with Crippen molar-refractivity contribution in [1.29, 1.82) is 0 Å². The van der Waals surface area contributed by atoms with Gasteiger partial charge in [0.05, 0.1) is 11.6 Å². The molecule has 1 atom stereocenters. The Kier molecular flexibility index (Phi) is 3.39. The molecule has 20 heavy (non-hydrogen) atoms. The molecule has 1 fully saturated rings. The number of ether oxygens (including phenoxy) is 1. The van der Waals surface area contributed by atoms with E-state index in [1.807, 2.05) is 0 Å². The molecule has 1 aliphatic rings. The highest BCUT2D eigenvalue weighted by Gasteiger charge is 2.40. The zero-order valence-corrected chi connectivity index (χ0v) is 10.8. The number of amides is 1. The number of cyclic esters (lactones) is 1. The molecule has 2 rings (SSSR count). The number of hydrogen-bond acceptors (Lipinski definition) is 2. The Bertz CT molecular complexity index is 540. The van der Waals surface area contributed by atoms with Crippen LogP contribution in [0, 0.1) is 11.2 Å². The van der Waals surface area contributed by atoms with Crippen LogP contribution in [0.4, 0.5) is 22.4 Å². The summed E-state index contributed by atoms with van der Waals surface area (Å²) in [5.74, 6) is -1.000. The van der Waals surface area contributed by atoms with Gasteiger partial charge in [-0.2, -0.15) is 13.2 Å². The Labute approximate surface area is 112 Å². The molecule has 0 unspecified atom stereocenters. The summed E-state index contributed by atoms with van der Waals surface area (Å²) in [5, 5.41) is 2.44. The normalized spacial score (nSPS) is 22.1. The fraction of sp³-hybridized carbons (Fsp3) is 0.462. The van der Waals surface area contributed by atoms with Gasteiger partial charge in [-0.25, -0.2) is 9.18 Å². The van der Waals surface area contributed by atoms with Crippen LogP contribution in [-0.4, -0.2) is 12.7 Å². The van der Waals surface area contributed by atoms with Crippen molar-refractivity contribution in [3.05, 3.63) is 35.1 Å². The second-order valence-electron chi connectivity index (χ2n) is 5.38. The van der Waals surface area contributed by atoms with Gasteiger partial charge >= 0.3 is 12.3 Å². The van der Waals surface area contributed by atoms with Crippen LogP contribution in [-0.2, 0) is 10.9 Å². The van der Waals surface area contributed by atoms with E-state index in [1.54, 1.807) is 13.8 Å². The summed E-state index contributed by atoms with van der Waals surface area (Å²) in [7, 11) is 0. The lowest BCUT2D eigenvalue weighted by molar-refractivity contribution is -0.137. The minimum absolute atomic E-state index is 0.0136. The number of rotatable bonds is 1. The van der Waals surface area contributed by atoms with Gasteiger partial charge in [-0.15, -0.1) is 0 Å². The third-order valence-corrected chi connectivity index (χ3v) is 3.26. The summed E-state index contributed by atoms with van der Waals surface area (Å²) >= 11 is 0. The van der Waals surface area contributed by atoms with Crippen molar-refractivity contribution in [1.82, 2.24) is 5.32 Å². The third-order valence-electron chi connectivity index (χ3n) is 3.26. The summed E-state index contributed by atoms with van der Waals surface area (Å²) in [4.78, 5) is 11.2. The van der Waals surface area contributed by atoms with Crippen LogP contribution in [0.1, 0.15) is 31.0 Å². The molecule has 0 aliphatic carbocycles. The van der Waals surface area contributed by atoms with E-state index in [1.165, 1.54) is 0 Å². The fourth-order valence-electron chi connectivity index (χ4n) is 2.13. The number of carbonyl (C=O) groups excluding carboxylic acids is 1. The Morgan fingerprint density at radius 3 is 2.55 bits per heavy atom. The maximum atomic E-state index is 13.9. The van der Waals surface area contributed by atoms with Crippen molar-refractivity contribution in [3.8, 4) is 0 Å². The Balaban J connectivity index is 2.40. The molecule has 1 aromatic rings. The molecule has 1 aliphatic heterocycles. The third kappa shape index (κ3) is 2.71. The topological polar surface area (TPSA) is 38.3 Å². The van der Waals surface area contributed by atoms with Crippen LogP contribution in [0.2, 0.25) is 0 Å². The second-order valence-corrected chi connectivity index (χ2v) is 5.38. The molecule has 0 spiro atoms. The first-order valence-electron chi connectivity index (χ1n) is 5.91. The van der Waals surface area contributed by atoms with Gasteiger partial charge in [0.2, 0.25) is 0 Å². The quantitative estimate of drug-likeness (QED) is 0.802. The molecule has 1 aromatic carbocycles. The first-order valence-corrected chi connectivity index (χ1v) is 5.91. The van der Waals surface area contributed by atoms with Crippen molar-refractivity contribution in [3.63, 3.8) is 0 Å². The molecule has 1 N–H and O–H groups in total. The molecule has 0 radical (unpaired) electrons. The number of halogens is 4. The number of hydrogen-bond donors (Lipinski definition) is 1. The zero-order valence-electron chi connectivity index (χ0n) is 10.8. The van der Waals surface area contributed by atoms with Crippen LogP contribution in [0.5, 0.6) is 0 Å². The number of alkyl carbamates (subject to hydrolysis) is 1. The van der Waals surface area contributed by atoms with Gasteiger partial charge in [-0.1, -0.05) is 19.9 Å². The number of alkyl halides is 3. The summed E-state index contributed by atoms with van der Waals surface area (Å²) < 4.78 is 56.3. The van der Waals surface area contributed by atoms with E-state index in [-0.39, 0.29) is 12.2 Å². The van der Waals surface area contributed by atoms with E-state index in [0.717, 1.165) is 12.1 Å². The van der Waals surface area contributed by atoms with E-state index >= 15 is 0 Å². The van der Waals surface area contributed by atoms with Gasteiger partial charge in [0, 0.05) is 11.0 Å². The Morgan fingerprint density at radius 2 is 2.00 bits per heavy atom. The van der Waals surface area contributed by atoms with Gasteiger partial charge in [0.1, 0.15) is 12.4 Å². The SMILES string of the molecule is CC1(C)COC(=O)N[C@H]1c1ccc(C(F)(F)F)cc1F. The predicted octanol–water partition coefficient (Wildman–Crippen LogP) is 3.65. The average molecular weight is 291 g/mol. The molecular formula is C13H13F4NO2. The lowest BCUT2D eigenvalue weighted by Gasteiger charge is -2.38. The molecule has 1 amide bonds. The van der Waals surface area contributed by atoms with Gasteiger partial charge in [0.15, 0.2) is 0 Å². The second kappa shape index (κ2) is 4.64. The highest BCUT2D eigenvalue weighted by molar-refractivity contribution is 5.69. The molecule has 0 saturated carbocycles. The fourth-order valence-corrected chi connectivity index (χ4v) is 2.13. The first kappa shape index (κ1) is 14.6. The summed E-state index contributed by atoms with van der Waals surface area (Å²) in [5.41, 5.74) is -1.68. The molecule has 1 saturated heterocycles. The van der Waals surface area contributed by atoms with E-state index in [2.05, 4.69) is 5.32 Å². The molecular weight excluding hydrogens is 278 g/mol. The lowest BCUT2D eigenvalue weighted by atomic mass is 9.80. The van der Waals surface area contributed by atoms with E-state index < -0.39 is 35.1 Å². The smallest absolute Gasteiger partial charge is 0.416 e. The molecule has 7 heteroatoms. The molecule has 110 valence electrons. The van der Waals surface area contributed by atoms with Crippen molar-refractivity contribution in [2.75, 3.05) is 6.61 Å². The van der Waals surface area contributed by atoms with Gasteiger partial charge in [-0.3, -0.25) is 0 Å². The molecule has 0 aromatic heterocycles. The van der Waals surface area contributed by atoms with Crippen LogP contribution in [0.15, 0.2) is 18.2 Å². The van der Waals surface area contributed by atoms with E-state index in [0.29, 0.717) is 6.07 Å². The maximum Gasteiger partial charge on any atom is 0.416 e. The minimum Gasteiger partial charge on any atom is -0.449 e. The van der Waals surface area contributed by atoms with Gasteiger partial charge in [0.25, 0.3) is 0 Å². The Morgan fingerprint density at radius 1 is 1.35 bits per heavy atom. The number of benzene rings is 1. The minimum atomic E-state index is -4.60. The monoisotopic (exact) mass is 291 g/mol. The summed E-state index contributed by atoms with van der Waals surface area (Å²) in [6, 6.07) is 1.55. The summed E-state index contributed by atoms with van der Waals surface area (Å²) in [6.45, 7) is 3.52. The largest absolute Gasteiger partial charge is 0.449 e. The number of carbonyl (C=O) groups is 1. The van der Waals surface area contributed by atoms with Crippen LogP contribution in [0.25, 0.3) is 0 Å². The van der Waals surface area contributed by atoms with Crippen LogP contribution in [0.3, 0.4) is 0 Å². The van der Waals surface area contributed by atoms with Crippen molar-refractivity contribution >= 4 is 6.09 Å². The van der Waals surface area contributed by atoms with Crippen molar-refractivity contribution in [2.24, 2.45) is 5.41 Å². The van der Waals surface area contributed by atoms with Crippen molar-refractivity contribution in [2.45, 2.75) is 26.1 Å². The van der Waals surface area contributed by atoms with Gasteiger partial charge < -0.3 is 10.1 Å². The standard InChI is InChI=1S/C13H13F4NO2/c1-12(2)6-20-11(19)18-10(12)8-4-3-7(5-9(8)14)13(15,16)17/h3-5,10H,6H2,1-2H3,(H,18,19)/t10-/m0/s1. The van der Waals surface area contributed by atoms with Crippen LogP contribution >= 0.6 is 0 Å². The molecule has 3 nitrogen and oxygen atoms in total.